The van der Waals surface area contributed by atoms with Gasteiger partial charge in [0.1, 0.15) is 11.5 Å². The molecular weight excluding hydrogens is 224 g/mol. The molecule has 0 radical (unpaired) electrons. The van der Waals surface area contributed by atoms with Crippen LogP contribution >= 0.6 is 0 Å². The zero-order valence-electron chi connectivity index (χ0n) is 12.0. The Kier molecular flexibility index (Phi) is 4.84. The molecule has 0 amide bonds. The third-order valence-corrected chi connectivity index (χ3v) is 3.99. The fourth-order valence-electron chi connectivity index (χ4n) is 2.93. The molecule has 1 N–H and O–H groups in total. The van der Waals surface area contributed by atoms with Crippen LogP contribution in [0.1, 0.15) is 49.7 Å². The summed E-state index contributed by atoms with van der Waals surface area (Å²) in [7, 11) is 1.96. The summed E-state index contributed by atoms with van der Waals surface area (Å²) in [4.78, 5) is 2.59. The number of likely N-dealkylation sites (tertiary alicyclic amines) is 1. The van der Waals surface area contributed by atoms with E-state index in [4.69, 9.17) is 4.42 Å². The molecule has 0 aliphatic carbocycles. The molecule has 1 saturated heterocycles. The van der Waals surface area contributed by atoms with Gasteiger partial charge in [-0.2, -0.15) is 0 Å². The van der Waals surface area contributed by atoms with Gasteiger partial charge >= 0.3 is 0 Å². The minimum absolute atomic E-state index is 0.747. The topological polar surface area (TPSA) is 28.4 Å². The number of aryl methyl sites for hydroxylation is 1. The summed E-state index contributed by atoms with van der Waals surface area (Å²) >= 11 is 0. The van der Waals surface area contributed by atoms with Crippen LogP contribution in [0.15, 0.2) is 10.5 Å². The molecule has 2 heterocycles. The Labute approximate surface area is 111 Å². The Hall–Kier alpha value is -0.800. The molecule has 0 bridgehead atoms. The highest BCUT2D eigenvalue weighted by Gasteiger charge is 2.22. The van der Waals surface area contributed by atoms with E-state index in [0.717, 1.165) is 30.7 Å². The Bertz CT molecular complexity index is 373. The van der Waals surface area contributed by atoms with E-state index < -0.39 is 0 Å². The largest absolute Gasteiger partial charge is 0.463 e. The zero-order chi connectivity index (χ0) is 13.0. The van der Waals surface area contributed by atoms with Crippen LogP contribution in [0, 0.1) is 6.92 Å². The summed E-state index contributed by atoms with van der Waals surface area (Å²) < 4.78 is 5.95. The van der Waals surface area contributed by atoms with Crippen molar-refractivity contribution in [3.8, 4) is 0 Å². The van der Waals surface area contributed by atoms with Crippen molar-refractivity contribution in [1.29, 1.82) is 0 Å². The van der Waals surface area contributed by atoms with Gasteiger partial charge in [-0.1, -0.05) is 13.3 Å². The van der Waals surface area contributed by atoms with Crippen molar-refractivity contribution in [3.63, 3.8) is 0 Å². The average Bonchev–Trinajstić information content (AvgIpc) is 2.71. The maximum absolute atomic E-state index is 5.95. The quantitative estimate of drug-likeness (QED) is 0.870. The summed E-state index contributed by atoms with van der Waals surface area (Å²) in [6.45, 7) is 7.45. The average molecular weight is 250 g/mol. The smallest absolute Gasteiger partial charge is 0.120 e. The van der Waals surface area contributed by atoms with Gasteiger partial charge in [0, 0.05) is 6.04 Å². The Morgan fingerprint density at radius 2 is 2.28 bits per heavy atom. The highest BCUT2D eigenvalue weighted by atomic mass is 16.3. The molecule has 1 aromatic heterocycles. The van der Waals surface area contributed by atoms with Crippen LogP contribution in [-0.2, 0) is 13.1 Å². The van der Waals surface area contributed by atoms with E-state index >= 15 is 0 Å². The van der Waals surface area contributed by atoms with Crippen molar-refractivity contribution in [2.24, 2.45) is 0 Å². The lowest BCUT2D eigenvalue weighted by Gasteiger charge is -2.34. The number of nitrogens with zero attached hydrogens (tertiary/aromatic N) is 1. The second-order valence-corrected chi connectivity index (χ2v) is 5.38. The Balaban J connectivity index is 2.01. The Morgan fingerprint density at radius 1 is 1.44 bits per heavy atom. The lowest BCUT2D eigenvalue weighted by Crippen LogP contribution is -2.38. The predicted octanol–water partition coefficient (Wildman–Crippen LogP) is 3.07. The highest BCUT2D eigenvalue weighted by molar-refractivity contribution is 5.20. The first-order valence-electron chi connectivity index (χ1n) is 7.21. The van der Waals surface area contributed by atoms with Crippen molar-refractivity contribution in [3.05, 3.63) is 23.2 Å². The predicted molar refractivity (Wildman–Crippen MR) is 74.5 cm³/mol. The first-order valence-corrected chi connectivity index (χ1v) is 7.21. The van der Waals surface area contributed by atoms with Crippen molar-refractivity contribution in [1.82, 2.24) is 10.2 Å². The molecule has 0 spiro atoms. The molecule has 102 valence electrons. The van der Waals surface area contributed by atoms with Crippen LogP contribution in [-0.4, -0.2) is 24.5 Å². The second-order valence-electron chi connectivity index (χ2n) is 5.38. The van der Waals surface area contributed by atoms with E-state index in [1.807, 2.05) is 7.05 Å². The van der Waals surface area contributed by atoms with Crippen LogP contribution in [0.2, 0.25) is 0 Å². The minimum atomic E-state index is 0.747. The van der Waals surface area contributed by atoms with Gasteiger partial charge < -0.3 is 9.73 Å². The van der Waals surface area contributed by atoms with Crippen LogP contribution in [0.4, 0.5) is 0 Å². The summed E-state index contributed by atoms with van der Waals surface area (Å²) in [6.07, 6.45) is 5.32. The van der Waals surface area contributed by atoms with Gasteiger partial charge in [0.2, 0.25) is 0 Å². The van der Waals surface area contributed by atoms with Gasteiger partial charge in [-0.15, -0.1) is 0 Å². The summed E-state index contributed by atoms with van der Waals surface area (Å²) in [6, 6.07) is 2.95. The summed E-state index contributed by atoms with van der Waals surface area (Å²) in [5.74, 6) is 2.20. The number of hydrogen-bond acceptors (Lipinski definition) is 3. The van der Waals surface area contributed by atoms with Crippen LogP contribution < -0.4 is 5.32 Å². The standard InChI is InChI=1S/C15H26N2O/c1-4-13-7-5-6-8-17(13)11-14-9-12(2)15(18-14)10-16-3/h9,13,16H,4-8,10-11H2,1-3H3. The van der Waals surface area contributed by atoms with Gasteiger partial charge in [0.25, 0.3) is 0 Å². The van der Waals surface area contributed by atoms with E-state index in [0.29, 0.717) is 0 Å². The third-order valence-electron chi connectivity index (χ3n) is 3.99. The first kappa shape index (κ1) is 13.6. The third kappa shape index (κ3) is 3.15. The van der Waals surface area contributed by atoms with Gasteiger partial charge in [-0.05, 0) is 51.4 Å². The normalized spacial score (nSPS) is 21.4. The first-order chi connectivity index (χ1) is 8.74. The van der Waals surface area contributed by atoms with Gasteiger partial charge in [0.15, 0.2) is 0 Å². The molecule has 2 rings (SSSR count). The molecule has 3 heteroatoms. The molecule has 0 aromatic carbocycles. The Morgan fingerprint density at radius 3 is 3.00 bits per heavy atom. The maximum Gasteiger partial charge on any atom is 0.120 e. The van der Waals surface area contributed by atoms with Crippen molar-refractivity contribution >= 4 is 0 Å². The SMILES string of the molecule is CCC1CCCCN1Cc1cc(C)c(CNC)o1. The summed E-state index contributed by atoms with van der Waals surface area (Å²) in [5.41, 5.74) is 1.27. The molecule has 1 atom stereocenters. The monoisotopic (exact) mass is 250 g/mol. The number of furan rings is 1. The van der Waals surface area contributed by atoms with Crippen molar-refractivity contribution in [2.45, 2.75) is 58.7 Å². The number of hydrogen-bond donors (Lipinski definition) is 1. The van der Waals surface area contributed by atoms with Gasteiger partial charge in [-0.3, -0.25) is 4.90 Å². The lowest BCUT2D eigenvalue weighted by atomic mass is 10.00. The molecule has 0 saturated carbocycles. The number of piperidine rings is 1. The van der Waals surface area contributed by atoms with E-state index in [9.17, 15) is 0 Å². The van der Waals surface area contributed by atoms with E-state index in [-0.39, 0.29) is 0 Å². The van der Waals surface area contributed by atoms with Gasteiger partial charge in [0.05, 0.1) is 13.1 Å². The molecule has 3 nitrogen and oxygen atoms in total. The summed E-state index contributed by atoms with van der Waals surface area (Å²) in [5, 5.41) is 3.15. The molecule has 1 unspecified atom stereocenters. The molecule has 1 aromatic rings. The number of nitrogens with one attached hydrogen (secondary N) is 1. The van der Waals surface area contributed by atoms with Crippen LogP contribution in [0.5, 0.6) is 0 Å². The van der Waals surface area contributed by atoms with Crippen LogP contribution in [0.25, 0.3) is 0 Å². The second kappa shape index (κ2) is 6.39. The number of rotatable bonds is 5. The minimum Gasteiger partial charge on any atom is -0.463 e. The molecule has 18 heavy (non-hydrogen) atoms. The maximum atomic E-state index is 5.95. The van der Waals surface area contributed by atoms with Crippen molar-refractivity contribution < 1.29 is 4.42 Å². The van der Waals surface area contributed by atoms with E-state index in [1.54, 1.807) is 0 Å². The molecule has 1 fully saturated rings. The van der Waals surface area contributed by atoms with Crippen LogP contribution in [0.3, 0.4) is 0 Å². The molecule has 1 aliphatic rings. The highest BCUT2D eigenvalue weighted by Crippen LogP contribution is 2.23. The van der Waals surface area contributed by atoms with E-state index in [1.165, 1.54) is 37.8 Å². The lowest BCUT2D eigenvalue weighted by molar-refractivity contribution is 0.126. The van der Waals surface area contributed by atoms with Crippen molar-refractivity contribution in [2.75, 3.05) is 13.6 Å². The fourth-order valence-corrected chi connectivity index (χ4v) is 2.93. The fraction of sp³-hybridized carbons (Fsp3) is 0.733. The molecular formula is C15H26N2O. The van der Waals surface area contributed by atoms with E-state index in [2.05, 4.69) is 30.1 Å². The zero-order valence-corrected chi connectivity index (χ0v) is 12.0. The van der Waals surface area contributed by atoms with Gasteiger partial charge in [-0.25, -0.2) is 0 Å². The molecule has 1 aliphatic heterocycles.